The standard InChI is InChI=1S/C11H16BrClN2O2S2/c1-14(2)8-3-4-15(7-8)19(16,17)10-5-9(6-13)18-11(10)12/h5,8H,3-4,6-7H2,1-2H3. The van der Waals surface area contributed by atoms with Crippen LogP contribution in [0, 0.1) is 0 Å². The van der Waals surface area contributed by atoms with Crippen LogP contribution in [-0.4, -0.2) is 50.8 Å². The minimum Gasteiger partial charge on any atom is -0.305 e. The average molecular weight is 388 g/mol. The second-order valence-electron chi connectivity index (χ2n) is 4.75. The summed E-state index contributed by atoms with van der Waals surface area (Å²) in [6.07, 6.45) is 0.871. The molecule has 8 heteroatoms. The van der Waals surface area contributed by atoms with Crippen molar-refractivity contribution in [2.24, 2.45) is 0 Å². The Morgan fingerprint density at radius 2 is 2.26 bits per heavy atom. The van der Waals surface area contributed by atoms with Crippen molar-refractivity contribution < 1.29 is 8.42 Å². The van der Waals surface area contributed by atoms with Gasteiger partial charge in [-0.2, -0.15) is 4.31 Å². The van der Waals surface area contributed by atoms with Crippen molar-refractivity contribution in [2.45, 2.75) is 23.2 Å². The number of sulfonamides is 1. The van der Waals surface area contributed by atoms with Gasteiger partial charge in [0, 0.05) is 24.0 Å². The van der Waals surface area contributed by atoms with E-state index in [1.165, 1.54) is 11.3 Å². The molecule has 1 aliphatic rings. The lowest BCUT2D eigenvalue weighted by molar-refractivity contribution is 0.302. The third-order valence-electron chi connectivity index (χ3n) is 3.31. The fourth-order valence-corrected chi connectivity index (χ4v) is 6.34. The molecule has 0 radical (unpaired) electrons. The Morgan fingerprint density at radius 3 is 2.74 bits per heavy atom. The van der Waals surface area contributed by atoms with Crippen LogP contribution in [0.3, 0.4) is 0 Å². The number of likely N-dealkylation sites (N-methyl/N-ethyl adjacent to an activating group) is 1. The summed E-state index contributed by atoms with van der Waals surface area (Å²) in [5.74, 6) is 0.332. The monoisotopic (exact) mass is 386 g/mol. The molecule has 1 unspecified atom stereocenters. The maximum atomic E-state index is 12.6. The van der Waals surface area contributed by atoms with Crippen LogP contribution in [0.5, 0.6) is 0 Å². The van der Waals surface area contributed by atoms with E-state index < -0.39 is 10.0 Å². The second kappa shape index (κ2) is 5.99. The third kappa shape index (κ3) is 3.16. The minimum atomic E-state index is -3.41. The van der Waals surface area contributed by atoms with Gasteiger partial charge in [-0.3, -0.25) is 0 Å². The summed E-state index contributed by atoms with van der Waals surface area (Å²) in [6.45, 7) is 1.12. The average Bonchev–Trinajstić information content (AvgIpc) is 2.95. The van der Waals surface area contributed by atoms with Crippen LogP contribution < -0.4 is 0 Å². The van der Waals surface area contributed by atoms with Crippen LogP contribution in [0.1, 0.15) is 11.3 Å². The van der Waals surface area contributed by atoms with Crippen molar-refractivity contribution in [1.29, 1.82) is 0 Å². The van der Waals surface area contributed by atoms with Crippen molar-refractivity contribution in [3.05, 3.63) is 14.7 Å². The predicted molar refractivity (Wildman–Crippen MR) is 82.4 cm³/mol. The Labute approximate surface area is 131 Å². The lowest BCUT2D eigenvalue weighted by atomic mass is 10.2. The van der Waals surface area contributed by atoms with Crippen molar-refractivity contribution >= 4 is 48.9 Å². The highest BCUT2D eigenvalue weighted by molar-refractivity contribution is 9.11. The van der Waals surface area contributed by atoms with Gasteiger partial charge < -0.3 is 4.90 Å². The van der Waals surface area contributed by atoms with Crippen molar-refractivity contribution in [1.82, 2.24) is 9.21 Å². The second-order valence-corrected chi connectivity index (χ2v) is 9.38. The zero-order chi connectivity index (χ0) is 14.2. The quantitative estimate of drug-likeness (QED) is 0.746. The predicted octanol–water partition coefficient (Wildman–Crippen LogP) is 2.57. The molecule has 0 aliphatic carbocycles. The Balaban J connectivity index is 2.26. The number of alkyl halides is 1. The molecule has 1 aliphatic heterocycles. The van der Waals surface area contributed by atoms with Gasteiger partial charge >= 0.3 is 0 Å². The van der Waals surface area contributed by atoms with Gasteiger partial charge in [-0.05, 0) is 42.5 Å². The molecule has 1 saturated heterocycles. The number of thiophene rings is 1. The summed E-state index contributed by atoms with van der Waals surface area (Å²) in [5.41, 5.74) is 0. The van der Waals surface area contributed by atoms with Crippen LogP contribution in [-0.2, 0) is 15.9 Å². The number of nitrogens with zero attached hydrogens (tertiary/aromatic N) is 2. The summed E-state index contributed by atoms with van der Waals surface area (Å²) in [5, 5.41) is 0. The topological polar surface area (TPSA) is 40.6 Å². The third-order valence-corrected chi connectivity index (χ3v) is 7.88. The van der Waals surface area contributed by atoms with Crippen LogP contribution in [0.2, 0.25) is 0 Å². The zero-order valence-electron chi connectivity index (χ0n) is 10.8. The molecule has 0 saturated carbocycles. The van der Waals surface area contributed by atoms with Crippen LogP contribution in [0.15, 0.2) is 14.7 Å². The number of hydrogen-bond donors (Lipinski definition) is 0. The fourth-order valence-electron chi connectivity index (χ4n) is 2.13. The molecule has 1 fully saturated rings. The van der Waals surface area contributed by atoms with Gasteiger partial charge in [0.05, 0.1) is 9.67 Å². The summed E-state index contributed by atoms with van der Waals surface area (Å²) < 4.78 is 27.4. The van der Waals surface area contributed by atoms with Gasteiger partial charge in [-0.15, -0.1) is 22.9 Å². The number of rotatable bonds is 4. The Hall–Kier alpha value is 0.340. The molecule has 4 nitrogen and oxygen atoms in total. The number of halogens is 2. The van der Waals surface area contributed by atoms with E-state index in [-0.39, 0.29) is 0 Å². The van der Waals surface area contributed by atoms with E-state index >= 15 is 0 Å². The normalized spacial score (nSPS) is 21.4. The van der Waals surface area contributed by atoms with Crippen LogP contribution >= 0.6 is 38.9 Å². The molecule has 0 amide bonds. The van der Waals surface area contributed by atoms with Crippen molar-refractivity contribution in [2.75, 3.05) is 27.2 Å². The molecular formula is C11H16BrClN2O2S2. The number of hydrogen-bond acceptors (Lipinski definition) is 4. The van der Waals surface area contributed by atoms with Crippen molar-refractivity contribution in [3.63, 3.8) is 0 Å². The molecule has 0 N–H and O–H groups in total. The highest BCUT2D eigenvalue weighted by Crippen LogP contribution is 2.35. The summed E-state index contributed by atoms with van der Waals surface area (Å²) in [6, 6.07) is 1.96. The van der Waals surface area contributed by atoms with Gasteiger partial charge in [0.1, 0.15) is 4.90 Å². The SMILES string of the molecule is CN(C)C1CCN(S(=O)(=O)c2cc(CCl)sc2Br)C1. The first-order chi connectivity index (χ1) is 8.86. The van der Waals surface area contributed by atoms with Gasteiger partial charge in [-0.25, -0.2) is 8.42 Å². The molecule has 1 aromatic rings. The Bertz CT molecular complexity index is 559. The molecule has 108 valence electrons. The minimum absolute atomic E-state index is 0.291. The van der Waals surface area contributed by atoms with E-state index in [0.29, 0.717) is 33.7 Å². The largest absolute Gasteiger partial charge is 0.305 e. The summed E-state index contributed by atoms with van der Waals surface area (Å²) in [4.78, 5) is 3.27. The molecule has 0 bridgehead atoms. The Kier molecular flexibility index (Phi) is 4.96. The highest BCUT2D eigenvalue weighted by Gasteiger charge is 2.35. The van der Waals surface area contributed by atoms with E-state index in [1.54, 1.807) is 10.4 Å². The molecule has 0 aromatic carbocycles. The van der Waals surface area contributed by atoms with E-state index in [9.17, 15) is 8.42 Å². The van der Waals surface area contributed by atoms with Gasteiger partial charge in [0.25, 0.3) is 0 Å². The lowest BCUT2D eigenvalue weighted by Gasteiger charge is -2.20. The van der Waals surface area contributed by atoms with Crippen LogP contribution in [0.4, 0.5) is 0 Å². The maximum absolute atomic E-state index is 12.6. The molecule has 1 aromatic heterocycles. The Morgan fingerprint density at radius 1 is 1.58 bits per heavy atom. The fraction of sp³-hybridized carbons (Fsp3) is 0.636. The maximum Gasteiger partial charge on any atom is 0.245 e. The molecule has 1 atom stereocenters. The van der Waals surface area contributed by atoms with Gasteiger partial charge in [0.2, 0.25) is 10.0 Å². The van der Waals surface area contributed by atoms with E-state index in [4.69, 9.17) is 11.6 Å². The van der Waals surface area contributed by atoms with Gasteiger partial charge in [0.15, 0.2) is 0 Å². The molecule has 19 heavy (non-hydrogen) atoms. The van der Waals surface area contributed by atoms with Gasteiger partial charge in [-0.1, -0.05) is 0 Å². The molecule has 0 spiro atoms. The van der Waals surface area contributed by atoms with E-state index in [1.807, 2.05) is 14.1 Å². The highest BCUT2D eigenvalue weighted by atomic mass is 79.9. The first-order valence-corrected chi connectivity index (χ1v) is 9.45. The first-order valence-electron chi connectivity index (χ1n) is 5.87. The summed E-state index contributed by atoms with van der Waals surface area (Å²) in [7, 11) is 0.545. The lowest BCUT2D eigenvalue weighted by Crippen LogP contribution is -2.34. The molecule has 2 rings (SSSR count). The zero-order valence-corrected chi connectivity index (χ0v) is 14.7. The smallest absolute Gasteiger partial charge is 0.245 e. The summed E-state index contributed by atoms with van der Waals surface area (Å²) >= 11 is 10.5. The van der Waals surface area contributed by atoms with Crippen molar-refractivity contribution in [3.8, 4) is 0 Å². The molecular weight excluding hydrogens is 372 g/mol. The van der Waals surface area contributed by atoms with Crippen LogP contribution in [0.25, 0.3) is 0 Å². The molecule has 2 heterocycles. The van der Waals surface area contributed by atoms with E-state index in [0.717, 1.165) is 11.3 Å². The first kappa shape index (κ1) is 15.7. The van der Waals surface area contributed by atoms with E-state index in [2.05, 4.69) is 20.8 Å².